The molecule has 0 aliphatic carbocycles. The molecule has 0 N–H and O–H groups in total. The second-order valence-electron chi connectivity index (χ2n) is 6.58. The molecule has 1 aromatic rings. The lowest BCUT2D eigenvalue weighted by Crippen LogP contribution is -2.73. The minimum atomic E-state index is -0.539. The Labute approximate surface area is 124 Å². The van der Waals surface area contributed by atoms with Crippen LogP contribution in [0.15, 0.2) is 30.3 Å². The van der Waals surface area contributed by atoms with Gasteiger partial charge in [-0.15, -0.1) is 0 Å². The summed E-state index contributed by atoms with van der Waals surface area (Å²) in [6, 6.07) is 9.26. The molecule has 5 nitrogen and oxygen atoms in total. The predicted molar refractivity (Wildman–Crippen MR) is 79.1 cm³/mol. The van der Waals surface area contributed by atoms with Gasteiger partial charge in [-0.05, 0) is 39.3 Å². The molecular weight excluding hydrogens is 268 g/mol. The van der Waals surface area contributed by atoms with Gasteiger partial charge in [0, 0.05) is 12.2 Å². The Bertz CT molecular complexity index is 565. The molecule has 3 fully saturated rings. The standard InChI is InChI=1S/C16H20N2O3/c1-16(2,3)21-15(20)18-12-9-13(18)14(19)17(10-12)11-7-5-4-6-8-11/h4-8,12-13H,9-10H2,1-3H3. The van der Waals surface area contributed by atoms with E-state index in [0.29, 0.717) is 6.54 Å². The van der Waals surface area contributed by atoms with Crippen molar-refractivity contribution in [2.75, 3.05) is 11.4 Å². The summed E-state index contributed by atoms with van der Waals surface area (Å²) in [6.45, 7) is 6.04. The smallest absolute Gasteiger partial charge is 0.411 e. The van der Waals surface area contributed by atoms with Crippen molar-refractivity contribution in [3.63, 3.8) is 0 Å². The van der Waals surface area contributed by atoms with Crippen LogP contribution in [0.4, 0.5) is 10.5 Å². The van der Waals surface area contributed by atoms with E-state index < -0.39 is 5.60 Å². The number of piperazine rings is 1. The van der Waals surface area contributed by atoms with Crippen LogP contribution in [-0.4, -0.2) is 41.1 Å². The number of ether oxygens (including phenoxy) is 1. The fourth-order valence-corrected chi connectivity index (χ4v) is 2.90. The minimum absolute atomic E-state index is 0.0189. The Balaban J connectivity index is 1.73. The van der Waals surface area contributed by atoms with Crippen LogP contribution in [0.25, 0.3) is 0 Å². The number of carbonyl (C=O) groups excluding carboxylic acids is 2. The number of para-hydroxylation sites is 1. The summed E-state index contributed by atoms with van der Waals surface area (Å²) in [5.74, 6) is -0.0189. The van der Waals surface area contributed by atoms with Gasteiger partial charge in [0.25, 0.3) is 0 Å². The molecule has 2 amide bonds. The summed E-state index contributed by atoms with van der Waals surface area (Å²) in [5.41, 5.74) is 0.351. The number of rotatable bonds is 1. The summed E-state index contributed by atoms with van der Waals surface area (Å²) in [7, 11) is 0. The first kappa shape index (κ1) is 13.9. The summed E-state index contributed by atoms with van der Waals surface area (Å²) >= 11 is 0. The highest BCUT2D eigenvalue weighted by Crippen LogP contribution is 2.36. The molecule has 3 saturated heterocycles. The van der Waals surface area contributed by atoms with Gasteiger partial charge in [-0.1, -0.05) is 18.2 Å². The number of hydrogen-bond donors (Lipinski definition) is 0. The molecule has 0 aromatic heterocycles. The van der Waals surface area contributed by atoms with Crippen LogP contribution in [0.3, 0.4) is 0 Å². The van der Waals surface area contributed by atoms with E-state index in [1.54, 1.807) is 9.80 Å². The highest BCUT2D eigenvalue weighted by molar-refractivity contribution is 6.01. The predicted octanol–water partition coefficient (Wildman–Crippen LogP) is 2.41. The van der Waals surface area contributed by atoms with Gasteiger partial charge in [0.2, 0.25) is 5.91 Å². The molecular formula is C16H20N2O3. The first-order valence-electron chi connectivity index (χ1n) is 7.24. The fraction of sp³-hybridized carbons (Fsp3) is 0.500. The van der Waals surface area contributed by atoms with Crippen molar-refractivity contribution in [1.29, 1.82) is 0 Å². The van der Waals surface area contributed by atoms with Crippen LogP contribution < -0.4 is 4.90 Å². The number of piperidine rings is 1. The van der Waals surface area contributed by atoms with Crippen LogP contribution >= 0.6 is 0 Å². The SMILES string of the molecule is CC(C)(C)OC(=O)N1C2CC1C(=O)N(c1ccccc1)C2. The summed E-state index contributed by atoms with van der Waals surface area (Å²) in [5, 5.41) is 0. The zero-order chi connectivity index (χ0) is 15.2. The third kappa shape index (κ3) is 2.48. The van der Waals surface area contributed by atoms with Crippen LogP contribution in [0, 0.1) is 0 Å². The van der Waals surface area contributed by atoms with Crippen molar-refractivity contribution < 1.29 is 14.3 Å². The van der Waals surface area contributed by atoms with Crippen molar-refractivity contribution >= 4 is 17.7 Å². The number of amides is 2. The molecule has 4 rings (SSSR count). The zero-order valence-electron chi connectivity index (χ0n) is 12.6. The van der Waals surface area contributed by atoms with Gasteiger partial charge in [-0.25, -0.2) is 4.79 Å². The molecule has 2 unspecified atom stereocenters. The third-order valence-electron chi connectivity index (χ3n) is 3.84. The lowest BCUT2D eigenvalue weighted by atomic mass is 9.87. The molecule has 21 heavy (non-hydrogen) atoms. The van der Waals surface area contributed by atoms with Crippen LogP contribution in [0.1, 0.15) is 27.2 Å². The van der Waals surface area contributed by atoms with Gasteiger partial charge in [0.1, 0.15) is 11.6 Å². The van der Waals surface area contributed by atoms with Gasteiger partial charge < -0.3 is 9.64 Å². The highest BCUT2D eigenvalue weighted by Gasteiger charge is 2.54. The van der Waals surface area contributed by atoms with Gasteiger partial charge in [0.15, 0.2) is 0 Å². The number of fused-ring (bicyclic) bond motifs is 2. The van der Waals surface area contributed by atoms with Gasteiger partial charge in [0.05, 0.1) is 6.04 Å². The Morgan fingerprint density at radius 2 is 1.90 bits per heavy atom. The second kappa shape index (κ2) is 4.76. The van der Waals surface area contributed by atoms with E-state index in [2.05, 4.69) is 0 Å². The minimum Gasteiger partial charge on any atom is -0.444 e. The second-order valence-corrected chi connectivity index (χ2v) is 6.58. The molecule has 1 aromatic carbocycles. The normalized spacial score (nSPS) is 24.6. The monoisotopic (exact) mass is 288 g/mol. The van der Waals surface area contributed by atoms with Gasteiger partial charge >= 0.3 is 6.09 Å². The van der Waals surface area contributed by atoms with Crippen molar-refractivity contribution in [3.05, 3.63) is 30.3 Å². The topological polar surface area (TPSA) is 49.9 Å². The Hall–Kier alpha value is -2.04. The van der Waals surface area contributed by atoms with Crippen molar-refractivity contribution in [3.8, 4) is 0 Å². The molecule has 0 radical (unpaired) electrons. The maximum absolute atomic E-state index is 12.5. The van der Waals surface area contributed by atoms with Crippen molar-refractivity contribution in [2.45, 2.75) is 44.9 Å². The van der Waals surface area contributed by atoms with E-state index in [1.165, 1.54) is 0 Å². The van der Waals surface area contributed by atoms with E-state index in [4.69, 9.17) is 4.74 Å². The maximum Gasteiger partial charge on any atom is 0.411 e. The summed E-state index contributed by atoms with van der Waals surface area (Å²) in [6.07, 6.45) is 0.353. The largest absolute Gasteiger partial charge is 0.444 e. The summed E-state index contributed by atoms with van der Waals surface area (Å²) in [4.78, 5) is 28.1. The zero-order valence-corrected chi connectivity index (χ0v) is 12.6. The molecule has 2 atom stereocenters. The van der Waals surface area contributed by atoms with Gasteiger partial charge in [-0.2, -0.15) is 0 Å². The van der Waals surface area contributed by atoms with Crippen LogP contribution in [0.5, 0.6) is 0 Å². The lowest BCUT2D eigenvalue weighted by molar-refractivity contribution is -0.136. The fourth-order valence-electron chi connectivity index (χ4n) is 2.90. The Morgan fingerprint density at radius 3 is 2.48 bits per heavy atom. The number of nitrogens with zero attached hydrogens (tertiary/aromatic N) is 2. The van der Waals surface area contributed by atoms with E-state index in [-0.39, 0.29) is 24.1 Å². The molecule has 5 heteroatoms. The van der Waals surface area contributed by atoms with Gasteiger partial charge in [-0.3, -0.25) is 9.69 Å². The number of benzene rings is 1. The quantitative estimate of drug-likeness (QED) is 0.797. The van der Waals surface area contributed by atoms with E-state index >= 15 is 0 Å². The molecule has 0 saturated carbocycles. The molecule has 3 aliphatic heterocycles. The van der Waals surface area contributed by atoms with Crippen molar-refractivity contribution in [2.24, 2.45) is 0 Å². The number of anilines is 1. The Morgan fingerprint density at radius 1 is 1.24 bits per heavy atom. The molecule has 3 aliphatic rings. The third-order valence-corrected chi connectivity index (χ3v) is 3.84. The lowest BCUT2D eigenvalue weighted by Gasteiger charge is -2.54. The average molecular weight is 288 g/mol. The van der Waals surface area contributed by atoms with Crippen LogP contribution in [0.2, 0.25) is 0 Å². The molecule has 112 valence electrons. The first-order chi connectivity index (χ1) is 9.87. The van der Waals surface area contributed by atoms with Crippen molar-refractivity contribution in [1.82, 2.24) is 4.90 Å². The first-order valence-corrected chi connectivity index (χ1v) is 7.24. The molecule has 2 bridgehead atoms. The molecule has 0 spiro atoms. The van der Waals surface area contributed by atoms with E-state index in [0.717, 1.165) is 12.1 Å². The summed E-state index contributed by atoms with van der Waals surface area (Å²) < 4.78 is 5.38. The molecule has 3 heterocycles. The van der Waals surface area contributed by atoms with E-state index in [9.17, 15) is 9.59 Å². The highest BCUT2D eigenvalue weighted by atomic mass is 16.6. The average Bonchev–Trinajstić information content (AvgIpc) is 2.36. The number of carbonyl (C=O) groups is 2. The van der Waals surface area contributed by atoms with E-state index in [1.807, 2.05) is 51.1 Å². The van der Waals surface area contributed by atoms with Crippen LogP contribution in [-0.2, 0) is 9.53 Å². The number of hydrogen-bond acceptors (Lipinski definition) is 3. The maximum atomic E-state index is 12.5. The Kier molecular flexibility index (Phi) is 3.15.